The third-order valence-corrected chi connectivity index (χ3v) is 6.03. The summed E-state index contributed by atoms with van der Waals surface area (Å²) in [6, 6.07) is 0. The van der Waals surface area contributed by atoms with Crippen LogP contribution in [0.2, 0.25) is 0 Å². The number of thioether (sulfide) groups is 1. The molecule has 4 heteroatoms. The number of nitrogens with zero attached hydrogens (tertiary/aromatic N) is 2. The van der Waals surface area contributed by atoms with Crippen molar-refractivity contribution in [2.24, 2.45) is 11.7 Å². The first kappa shape index (κ1) is 14.6. The van der Waals surface area contributed by atoms with Crippen molar-refractivity contribution < 1.29 is 0 Å². The van der Waals surface area contributed by atoms with E-state index >= 15 is 0 Å². The Labute approximate surface area is 116 Å². The lowest BCUT2D eigenvalue weighted by molar-refractivity contribution is 0.0638. The van der Waals surface area contributed by atoms with Gasteiger partial charge in [-0.2, -0.15) is 11.8 Å². The van der Waals surface area contributed by atoms with Crippen LogP contribution in [0.3, 0.4) is 0 Å². The van der Waals surface area contributed by atoms with E-state index in [0.29, 0.717) is 5.54 Å². The average molecular weight is 271 g/mol. The summed E-state index contributed by atoms with van der Waals surface area (Å²) >= 11 is 2.10. The predicted molar refractivity (Wildman–Crippen MR) is 81.2 cm³/mol. The fourth-order valence-electron chi connectivity index (χ4n) is 3.55. The molecule has 106 valence electrons. The average Bonchev–Trinajstić information content (AvgIpc) is 2.72. The Morgan fingerprint density at radius 3 is 2.44 bits per heavy atom. The van der Waals surface area contributed by atoms with Gasteiger partial charge in [-0.15, -0.1) is 0 Å². The number of hydrogen-bond donors (Lipinski definition) is 1. The molecule has 0 bridgehead atoms. The van der Waals surface area contributed by atoms with E-state index in [4.69, 9.17) is 5.73 Å². The molecule has 0 aromatic rings. The van der Waals surface area contributed by atoms with Crippen LogP contribution in [-0.2, 0) is 0 Å². The van der Waals surface area contributed by atoms with Crippen LogP contribution in [0.4, 0.5) is 0 Å². The molecule has 0 radical (unpaired) electrons. The van der Waals surface area contributed by atoms with Crippen LogP contribution in [0.1, 0.15) is 26.2 Å². The molecule has 0 amide bonds. The van der Waals surface area contributed by atoms with E-state index in [1.165, 1.54) is 44.6 Å². The van der Waals surface area contributed by atoms with Crippen molar-refractivity contribution in [3.63, 3.8) is 0 Å². The lowest BCUT2D eigenvalue weighted by Gasteiger charge is -2.44. The highest BCUT2D eigenvalue weighted by atomic mass is 32.2. The molecular weight excluding hydrogens is 242 g/mol. The Hall–Kier alpha value is 0.230. The van der Waals surface area contributed by atoms with Crippen molar-refractivity contribution in [2.75, 3.05) is 46.0 Å². The minimum atomic E-state index is 0.313. The monoisotopic (exact) mass is 271 g/mol. The Balaban J connectivity index is 1.88. The highest BCUT2D eigenvalue weighted by Crippen LogP contribution is 2.39. The summed E-state index contributed by atoms with van der Waals surface area (Å²) < 4.78 is 0. The van der Waals surface area contributed by atoms with Crippen molar-refractivity contribution in [2.45, 2.75) is 37.0 Å². The van der Waals surface area contributed by atoms with Crippen LogP contribution < -0.4 is 5.73 Å². The third-order valence-electron chi connectivity index (χ3n) is 4.59. The molecule has 2 aliphatic heterocycles. The predicted octanol–water partition coefficient (Wildman–Crippen LogP) is 1.48. The molecule has 0 aliphatic carbocycles. The maximum Gasteiger partial charge on any atom is 0.0432 e. The zero-order valence-corrected chi connectivity index (χ0v) is 13.0. The molecule has 0 spiro atoms. The molecule has 2 unspecified atom stereocenters. The minimum Gasteiger partial charge on any atom is -0.329 e. The van der Waals surface area contributed by atoms with Gasteiger partial charge in [0, 0.05) is 29.6 Å². The SMILES string of the molecule is CC1CC(CN)(N2CCC(CN(C)C)CC2)CS1. The van der Waals surface area contributed by atoms with Gasteiger partial charge in [0.2, 0.25) is 0 Å². The summed E-state index contributed by atoms with van der Waals surface area (Å²) in [6.07, 6.45) is 3.98. The maximum absolute atomic E-state index is 6.11. The zero-order chi connectivity index (χ0) is 13.2. The fourth-order valence-corrected chi connectivity index (χ4v) is 4.99. The van der Waals surface area contributed by atoms with Crippen LogP contribution in [0.15, 0.2) is 0 Å². The van der Waals surface area contributed by atoms with Crippen molar-refractivity contribution in [3.8, 4) is 0 Å². The summed E-state index contributed by atoms with van der Waals surface area (Å²) in [7, 11) is 4.37. The van der Waals surface area contributed by atoms with E-state index in [1.54, 1.807) is 0 Å². The summed E-state index contributed by atoms with van der Waals surface area (Å²) in [6.45, 7) is 6.93. The van der Waals surface area contributed by atoms with Gasteiger partial charge in [-0.3, -0.25) is 4.90 Å². The molecule has 2 atom stereocenters. The van der Waals surface area contributed by atoms with Crippen LogP contribution in [0, 0.1) is 5.92 Å². The molecule has 2 rings (SSSR count). The van der Waals surface area contributed by atoms with Gasteiger partial charge in [-0.05, 0) is 52.4 Å². The second-order valence-corrected chi connectivity index (χ2v) is 7.87. The summed E-state index contributed by atoms with van der Waals surface area (Å²) in [5, 5.41) is 0.785. The molecule has 0 aromatic carbocycles. The Kier molecular flexibility index (Phi) is 4.98. The number of piperidine rings is 1. The van der Waals surface area contributed by atoms with E-state index in [1.807, 2.05) is 0 Å². The molecule has 3 nitrogen and oxygen atoms in total. The molecular formula is C14H29N3S. The quantitative estimate of drug-likeness (QED) is 0.839. The molecule has 2 fully saturated rings. The van der Waals surface area contributed by atoms with Crippen LogP contribution in [0.5, 0.6) is 0 Å². The first-order chi connectivity index (χ1) is 8.55. The summed E-state index contributed by atoms with van der Waals surface area (Å²) in [4.78, 5) is 5.03. The summed E-state index contributed by atoms with van der Waals surface area (Å²) in [5.41, 5.74) is 6.43. The topological polar surface area (TPSA) is 32.5 Å². The normalized spacial score (nSPS) is 35.5. The second-order valence-electron chi connectivity index (χ2n) is 6.45. The molecule has 2 aliphatic rings. The lowest BCUT2D eigenvalue weighted by atomic mass is 9.88. The molecule has 0 saturated carbocycles. The Morgan fingerprint density at radius 2 is 2.00 bits per heavy atom. The van der Waals surface area contributed by atoms with Crippen molar-refractivity contribution >= 4 is 11.8 Å². The van der Waals surface area contributed by atoms with Gasteiger partial charge >= 0.3 is 0 Å². The number of hydrogen-bond acceptors (Lipinski definition) is 4. The van der Waals surface area contributed by atoms with Gasteiger partial charge in [-0.1, -0.05) is 6.92 Å². The van der Waals surface area contributed by atoms with Gasteiger partial charge in [-0.25, -0.2) is 0 Å². The lowest BCUT2D eigenvalue weighted by Crippen LogP contribution is -2.57. The molecule has 0 aromatic heterocycles. The first-order valence-electron chi connectivity index (χ1n) is 7.27. The molecule has 2 saturated heterocycles. The van der Waals surface area contributed by atoms with Crippen molar-refractivity contribution in [1.29, 1.82) is 0 Å². The van der Waals surface area contributed by atoms with Crippen molar-refractivity contribution in [3.05, 3.63) is 0 Å². The first-order valence-corrected chi connectivity index (χ1v) is 8.32. The van der Waals surface area contributed by atoms with E-state index in [2.05, 4.69) is 42.6 Å². The van der Waals surface area contributed by atoms with E-state index in [9.17, 15) is 0 Å². The number of rotatable bonds is 4. The third kappa shape index (κ3) is 3.21. The highest BCUT2D eigenvalue weighted by molar-refractivity contribution is 8.00. The number of nitrogens with two attached hydrogens (primary N) is 1. The van der Waals surface area contributed by atoms with Gasteiger partial charge < -0.3 is 10.6 Å². The largest absolute Gasteiger partial charge is 0.329 e. The van der Waals surface area contributed by atoms with Crippen molar-refractivity contribution in [1.82, 2.24) is 9.80 Å². The van der Waals surface area contributed by atoms with Crippen LogP contribution >= 0.6 is 11.8 Å². The minimum absolute atomic E-state index is 0.313. The Morgan fingerprint density at radius 1 is 1.33 bits per heavy atom. The van der Waals surface area contributed by atoms with Gasteiger partial charge in [0.25, 0.3) is 0 Å². The van der Waals surface area contributed by atoms with E-state index in [-0.39, 0.29) is 0 Å². The van der Waals surface area contributed by atoms with E-state index < -0.39 is 0 Å². The smallest absolute Gasteiger partial charge is 0.0432 e. The second kappa shape index (κ2) is 6.12. The van der Waals surface area contributed by atoms with E-state index in [0.717, 1.165) is 17.7 Å². The standard InChI is InChI=1S/C14H29N3S/c1-12-8-14(10-15,11-18-12)17-6-4-13(5-7-17)9-16(2)3/h12-13H,4-11,15H2,1-3H3. The molecule has 2 N–H and O–H groups in total. The fraction of sp³-hybridized carbons (Fsp3) is 1.00. The molecule has 2 heterocycles. The highest BCUT2D eigenvalue weighted by Gasteiger charge is 2.42. The molecule has 18 heavy (non-hydrogen) atoms. The van der Waals surface area contributed by atoms with Gasteiger partial charge in [0.15, 0.2) is 0 Å². The zero-order valence-electron chi connectivity index (χ0n) is 12.2. The summed E-state index contributed by atoms with van der Waals surface area (Å²) in [5.74, 6) is 2.13. The Bertz CT molecular complexity index is 264. The maximum atomic E-state index is 6.11. The number of likely N-dealkylation sites (tertiary alicyclic amines) is 1. The van der Waals surface area contributed by atoms with Crippen LogP contribution in [0.25, 0.3) is 0 Å². The van der Waals surface area contributed by atoms with Gasteiger partial charge in [0.05, 0.1) is 0 Å². The van der Waals surface area contributed by atoms with Gasteiger partial charge in [0.1, 0.15) is 0 Å². The van der Waals surface area contributed by atoms with Crippen LogP contribution in [-0.4, -0.2) is 66.6 Å².